The Morgan fingerprint density at radius 1 is 1.06 bits per heavy atom. The molecule has 0 radical (unpaired) electrons. The van der Waals surface area contributed by atoms with Crippen molar-refractivity contribution >= 4 is 23.6 Å². The maximum atomic E-state index is 14.5. The van der Waals surface area contributed by atoms with Crippen molar-refractivity contribution in [2.24, 2.45) is 5.92 Å². The SMILES string of the molecule is O=C(Nc1ccc(OC2CCC(C(=O)O)CC2)cc1F)c1nnc(NC2CCCCC2)o1. The van der Waals surface area contributed by atoms with Gasteiger partial charge in [0, 0.05) is 12.1 Å². The number of carboxylic acids is 1. The normalized spacial score (nSPS) is 21.7. The second kappa shape index (κ2) is 9.97. The summed E-state index contributed by atoms with van der Waals surface area (Å²) in [4.78, 5) is 23.4. The molecule has 3 N–H and O–H groups in total. The number of nitrogens with one attached hydrogen (secondary N) is 2. The van der Waals surface area contributed by atoms with Crippen LogP contribution in [0.2, 0.25) is 0 Å². The molecular weight excluding hydrogens is 419 g/mol. The first-order valence-corrected chi connectivity index (χ1v) is 11.1. The molecule has 10 heteroatoms. The van der Waals surface area contributed by atoms with Crippen LogP contribution < -0.4 is 15.4 Å². The van der Waals surface area contributed by atoms with Gasteiger partial charge in [0.2, 0.25) is 0 Å². The van der Waals surface area contributed by atoms with Gasteiger partial charge in [-0.05, 0) is 50.7 Å². The van der Waals surface area contributed by atoms with E-state index in [4.69, 9.17) is 14.3 Å². The predicted octanol–water partition coefficient (Wildman–Crippen LogP) is 4.23. The van der Waals surface area contributed by atoms with Gasteiger partial charge in [-0.1, -0.05) is 24.4 Å². The highest BCUT2D eigenvalue weighted by atomic mass is 19.1. The molecule has 2 aromatic rings. The van der Waals surface area contributed by atoms with Crippen molar-refractivity contribution < 1.29 is 28.2 Å². The highest BCUT2D eigenvalue weighted by molar-refractivity contribution is 6.01. The van der Waals surface area contributed by atoms with Gasteiger partial charge in [-0.25, -0.2) is 4.39 Å². The number of carbonyl (C=O) groups is 2. The van der Waals surface area contributed by atoms with Gasteiger partial charge in [-0.15, -0.1) is 5.10 Å². The standard InChI is InChI=1S/C22H27FN4O5/c23-17-12-16(31-15-8-6-13(7-9-15)21(29)30)10-11-18(17)25-19(28)20-26-27-22(32-20)24-14-4-2-1-3-5-14/h10-15H,1-9H2,(H,24,27)(H,25,28)(H,29,30). The Morgan fingerprint density at radius 3 is 2.50 bits per heavy atom. The average Bonchev–Trinajstić information content (AvgIpc) is 3.25. The topological polar surface area (TPSA) is 127 Å². The predicted molar refractivity (Wildman–Crippen MR) is 113 cm³/mol. The van der Waals surface area contributed by atoms with Crippen molar-refractivity contribution in [1.29, 1.82) is 0 Å². The zero-order valence-corrected chi connectivity index (χ0v) is 17.7. The van der Waals surface area contributed by atoms with Crippen LogP contribution in [-0.4, -0.2) is 39.3 Å². The Labute approximate surface area is 184 Å². The Kier molecular flexibility index (Phi) is 6.87. The van der Waals surface area contributed by atoms with Crippen LogP contribution in [-0.2, 0) is 4.79 Å². The molecule has 2 aliphatic rings. The molecular formula is C22H27FN4O5. The van der Waals surface area contributed by atoms with E-state index in [1.54, 1.807) is 6.07 Å². The highest BCUT2D eigenvalue weighted by Crippen LogP contribution is 2.29. The summed E-state index contributed by atoms with van der Waals surface area (Å²) in [5, 5.41) is 22.2. The number of anilines is 2. The number of benzene rings is 1. The molecule has 0 aliphatic heterocycles. The summed E-state index contributed by atoms with van der Waals surface area (Å²) in [6, 6.07) is 4.60. The van der Waals surface area contributed by atoms with E-state index in [1.807, 2.05) is 0 Å². The third kappa shape index (κ3) is 5.54. The fourth-order valence-electron chi connectivity index (χ4n) is 4.26. The van der Waals surface area contributed by atoms with E-state index in [2.05, 4.69) is 20.8 Å². The van der Waals surface area contributed by atoms with E-state index in [0.717, 1.165) is 25.7 Å². The molecule has 1 heterocycles. The van der Waals surface area contributed by atoms with Crippen molar-refractivity contribution in [1.82, 2.24) is 10.2 Å². The lowest BCUT2D eigenvalue weighted by molar-refractivity contribution is -0.143. The van der Waals surface area contributed by atoms with E-state index in [1.165, 1.54) is 18.6 Å². The molecule has 0 saturated heterocycles. The van der Waals surface area contributed by atoms with Gasteiger partial charge in [0.15, 0.2) is 0 Å². The fraction of sp³-hybridized carbons (Fsp3) is 0.545. The molecule has 2 fully saturated rings. The van der Waals surface area contributed by atoms with Crippen LogP contribution in [0.3, 0.4) is 0 Å². The Bertz CT molecular complexity index is 952. The van der Waals surface area contributed by atoms with Gasteiger partial charge < -0.3 is 24.9 Å². The summed E-state index contributed by atoms with van der Waals surface area (Å²) < 4.78 is 25.7. The van der Waals surface area contributed by atoms with Gasteiger partial charge in [0.25, 0.3) is 0 Å². The number of hydrogen-bond donors (Lipinski definition) is 3. The molecule has 0 unspecified atom stereocenters. The quantitative estimate of drug-likeness (QED) is 0.577. The first-order chi connectivity index (χ1) is 15.5. The minimum absolute atomic E-state index is 0.0306. The molecule has 0 bridgehead atoms. The minimum atomic E-state index is -0.785. The van der Waals surface area contributed by atoms with E-state index in [9.17, 15) is 14.0 Å². The summed E-state index contributed by atoms with van der Waals surface area (Å²) in [5.74, 6) is -2.40. The summed E-state index contributed by atoms with van der Waals surface area (Å²) in [6.45, 7) is 0. The fourth-order valence-corrected chi connectivity index (χ4v) is 4.26. The number of rotatable bonds is 7. The number of carboxylic acid groups (broad SMARTS) is 1. The number of amides is 1. The number of nitrogens with zero attached hydrogens (tertiary/aromatic N) is 2. The van der Waals surface area contributed by atoms with E-state index in [0.29, 0.717) is 31.4 Å². The molecule has 0 spiro atoms. The van der Waals surface area contributed by atoms with E-state index >= 15 is 0 Å². The maximum absolute atomic E-state index is 14.5. The maximum Gasteiger partial charge on any atom is 0.316 e. The van der Waals surface area contributed by atoms with Crippen molar-refractivity contribution in [3.05, 3.63) is 29.9 Å². The monoisotopic (exact) mass is 446 g/mol. The Hall–Kier alpha value is -3.17. The zero-order chi connectivity index (χ0) is 22.5. The smallest absolute Gasteiger partial charge is 0.316 e. The molecule has 0 atom stereocenters. The second-order valence-electron chi connectivity index (χ2n) is 8.42. The number of carbonyl (C=O) groups excluding carboxylic acids is 1. The van der Waals surface area contributed by atoms with Gasteiger partial charge in [0.1, 0.15) is 11.6 Å². The molecule has 2 saturated carbocycles. The van der Waals surface area contributed by atoms with Crippen molar-refractivity contribution in [2.45, 2.75) is 69.9 Å². The van der Waals surface area contributed by atoms with Crippen LogP contribution in [0.25, 0.3) is 0 Å². The Balaban J connectivity index is 1.30. The van der Waals surface area contributed by atoms with E-state index < -0.39 is 17.7 Å². The zero-order valence-electron chi connectivity index (χ0n) is 17.7. The van der Waals surface area contributed by atoms with Crippen LogP contribution in [0.5, 0.6) is 5.75 Å². The third-order valence-corrected chi connectivity index (χ3v) is 6.07. The van der Waals surface area contributed by atoms with Crippen LogP contribution in [0.15, 0.2) is 22.6 Å². The molecule has 1 aromatic heterocycles. The second-order valence-corrected chi connectivity index (χ2v) is 8.42. The molecule has 1 amide bonds. The molecule has 32 heavy (non-hydrogen) atoms. The lowest BCUT2D eigenvalue weighted by atomic mass is 9.87. The largest absolute Gasteiger partial charge is 0.490 e. The number of ether oxygens (including phenoxy) is 1. The minimum Gasteiger partial charge on any atom is -0.490 e. The Morgan fingerprint density at radius 2 is 1.81 bits per heavy atom. The molecule has 172 valence electrons. The summed E-state index contributed by atoms with van der Waals surface area (Å²) in [7, 11) is 0. The van der Waals surface area contributed by atoms with Crippen LogP contribution in [0.1, 0.15) is 68.5 Å². The first-order valence-electron chi connectivity index (χ1n) is 11.1. The van der Waals surface area contributed by atoms with Crippen molar-refractivity contribution in [3.63, 3.8) is 0 Å². The van der Waals surface area contributed by atoms with Crippen LogP contribution >= 0.6 is 0 Å². The van der Waals surface area contributed by atoms with Crippen molar-refractivity contribution in [3.8, 4) is 5.75 Å². The molecule has 4 rings (SSSR count). The summed E-state index contributed by atoms with van der Waals surface area (Å²) in [5.41, 5.74) is -0.0306. The van der Waals surface area contributed by atoms with Crippen LogP contribution in [0, 0.1) is 11.7 Å². The van der Waals surface area contributed by atoms with Gasteiger partial charge in [-0.3, -0.25) is 9.59 Å². The van der Waals surface area contributed by atoms with E-state index in [-0.39, 0.29) is 35.7 Å². The summed E-state index contributed by atoms with van der Waals surface area (Å²) >= 11 is 0. The lowest BCUT2D eigenvalue weighted by Gasteiger charge is -2.26. The van der Waals surface area contributed by atoms with Crippen molar-refractivity contribution in [2.75, 3.05) is 10.6 Å². The van der Waals surface area contributed by atoms with Crippen LogP contribution in [0.4, 0.5) is 16.1 Å². The number of hydrogen-bond acceptors (Lipinski definition) is 7. The van der Waals surface area contributed by atoms with Gasteiger partial charge in [-0.2, -0.15) is 0 Å². The summed E-state index contributed by atoms with van der Waals surface area (Å²) in [6.07, 6.45) is 7.67. The lowest BCUT2D eigenvalue weighted by Crippen LogP contribution is -2.27. The highest BCUT2D eigenvalue weighted by Gasteiger charge is 2.27. The molecule has 9 nitrogen and oxygen atoms in total. The van der Waals surface area contributed by atoms with Gasteiger partial charge in [0.05, 0.1) is 17.7 Å². The molecule has 1 aromatic carbocycles. The molecule has 2 aliphatic carbocycles. The number of aromatic nitrogens is 2. The number of aliphatic carboxylic acids is 1. The average molecular weight is 446 g/mol. The number of halogens is 1. The van der Waals surface area contributed by atoms with Gasteiger partial charge >= 0.3 is 23.8 Å². The third-order valence-electron chi connectivity index (χ3n) is 6.07. The first kappa shape index (κ1) is 22.0.